The maximum atomic E-state index is 11.3. The first-order valence-corrected chi connectivity index (χ1v) is 5.52. The molecule has 0 aliphatic rings. The van der Waals surface area contributed by atoms with Gasteiger partial charge in [0.25, 0.3) is 0 Å². The van der Waals surface area contributed by atoms with Crippen LogP contribution in [0.25, 0.3) is 0 Å². The van der Waals surface area contributed by atoms with E-state index < -0.39 is 5.91 Å². The van der Waals surface area contributed by atoms with Crippen LogP contribution in [0.5, 0.6) is 0 Å². The molecule has 96 valence electrons. The fraction of sp³-hybridized carbons (Fsp3) is 0.545. The number of hydrazine groups is 1. The first-order chi connectivity index (χ1) is 8.08. The number of nitrogen functional groups attached to an aromatic ring is 1. The Kier molecular flexibility index (Phi) is 5.14. The van der Waals surface area contributed by atoms with Gasteiger partial charge < -0.3 is 14.6 Å². The van der Waals surface area contributed by atoms with Crippen LogP contribution >= 0.6 is 0 Å². The fourth-order valence-electron chi connectivity index (χ4n) is 1.53. The number of hydrogen-bond donors (Lipinski definition) is 3. The monoisotopic (exact) mass is 240 g/mol. The molecule has 0 bridgehead atoms. The summed E-state index contributed by atoms with van der Waals surface area (Å²) in [5, 5.41) is 3.09. The van der Waals surface area contributed by atoms with Crippen molar-refractivity contribution in [2.45, 2.75) is 13.5 Å². The highest BCUT2D eigenvalue weighted by molar-refractivity contribution is 5.91. The van der Waals surface area contributed by atoms with Crippen LogP contribution < -0.4 is 16.6 Å². The zero-order chi connectivity index (χ0) is 12.8. The van der Waals surface area contributed by atoms with E-state index in [-0.39, 0.29) is 5.76 Å². The summed E-state index contributed by atoms with van der Waals surface area (Å²) >= 11 is 0. The average Bonchev–Trinajstić information content (AvgIpc) is 2.67. The molecule has 6 heteroatoms. The summed E-state index contributed by atoms with van der Waals surface area (Å²) in [6.45, 7) is 4.44. The van der Waals surface area contributed by atoms with Gasteiger partial charge in [0.1, 0.15) is 5.76 Å². The number of likely N-dealkylation sites (N-methyl/N-ethyl adjacent to an activating group) is 2. The number of carbonyl (C=O) groups excluding carboxylic acids is 1. The molecule has 1 heterocycles. The topological polar surface area (TPSA) is 83.5 Å². The highest BCUT2D eigenvalue weighted by Crippen LogP contribution is 2.15. The summed E-state index contributed by atoms with van der Waals surface area (Å²) in [5.41, 5.74) is 3.06. The number of carbonyl (C=O) groups is 1. The Morgan fingerprint density at radius 2 is 2.29 bits per heavy atom. The maximum Gasteiger partial charge on any atom is 0.300 e. The Hall–Kier alpha value is -1.37. The van der Waals surface area contributed by atoms with Crippen molar-refractivity contribution >= 4 is 5.91 Å². The van der Waals surface area contributed by atoms with Crippen LogP contribution in [0.3, 0.4) is 0 Å². The van der Waals surface area contributed by atoms with Crippen LogP contribution in [0.1, 0.15) is 21.9 Å². The number of amides is 1. The van der Waals surface area contributed by atoms with E-state index in [2.05, 4.69) is 15.6 Å². The summed E-state index contributed by atoms with van der Waals surface area (Å²) in [4.78, 5) is 13.4. The van der Waals surface area contributed by atoms with E-state index in [1.165, 1.54) is 0 Å². The highest BCUT2D eigenvalue weighted by atomic mass is 16.4. The summed E-state index contributed by atoms with van der Waals surface area (Å²) in [7, 11) is 3.94. The van der Waals surface area contributed by atoms with Crippen molar-refractivity contribution in [3.05, 3.63) is 23.2 Å². The number of rotatable bonds is 6. The van der Waals surface area contributed by atoms with Gasteiger partial charge in [0.2, 0.25) is 0 Å². The van der Waals surface area contributed by atoms with E-state index >= 15 is 0 Å². The second-order valence-corrected chi connectivity index (χ2v) is 4.01. The van der Waals surface area contributed by atoms with Gasteiger partial charge in [-0.2, -0.15) is 0 Å². The average molecular weight is 240 g/mol. The van der Waals surface area contributed by atoms with Gasteiger partial charge in [0, 0.05) is 25.2 Å². The van der Waals surface area contributed by atoms with Crippen LogP contribution in [-0.4, -0.2) is 38.0 Å². The molecule has 0 unspecified atom stereocenters. The molecular weight excluding hydrogens is 220 g/mol. The van der Waals surface area contributed by atoms with Crippen LogP contribution in [0.15, 0.2) is 10.5 Å². The van der Waals surface area contributed by atoms with E-state index in [1.807, 2.05) is 21.0 Å². The molecule has 0 aromatic carbocycles. The third-order valence-electron chi connectivity index (χ3n) is 2.56. The number of furan rings is 1. The Morgan fingerprint density at radius 3 is 2.88 bits per heavy atom. The maximum absolute atomic E-state index is 11.3. The molecule has 0 fully saturated rings. The third kappa shape index (κ3) is 3.85. The van der Waals surface area contributed by atoms with Gasteiger partial charge in [-0.25, -0.2) is 5.84 Å². The Balaban J connectivity index is 2.65. The van der Waals surface area contributed by atoms with Crippen molar-refractivity contribution in [3.63, 3.8) is 0 Å². The lowest BCUT2D eigenvalue weighted by molar-refractivity contribution is 0.0924. The Bertz CT molecular complexity index is 376. The molecule has 0 saturated carbocycles. The lowest BCUT2D eigenvalue weighted by Crippen LogP contribution is -2.29. The van der Waals surface area contributed by atoms with Crippen molar-refractivity contribution in [2.75, 3.05) is 27.2 Å². The summed E-state index contributed by atoms with van der Waals surface area (Å²) in [6, 6.07) is 1.73. The predicted octanol–water partition coefficient (Wildman–Crippen LogP) is -0.157. The standard InChI is InChI=1S/C11H20N4O2/c1-8-9(7-15(3)5-4-13-2)6-10(17-8)11(16)14-12/h6,13H,4-5,7,12H2,1-3H3,(H,14,16). The van der Waals surface area contributed by atoms with Crippen LogP contribution in [0, 0.1) is 6.92 Å². The van der Waals surface area contributed by atoms with Crippen LogP contribution in [-0.2, 0) is 6.54 Å². The van der Waals surface area contributed by atoms with Crippen molar-refractivity contribution in [2.24, 2.45) is 5.84 Å². The van der Waals surface area contributed by atoms with Crippen molar-refractivity contribution in [1.82, 2.24) is 15.6 Å². The number of nitrogens with two attached hydrogens (primary N) is 1. The molecule has 17 heavy (non-hydrogen) atoms. The lowest BCUT2D eigenvalue weighted by Gasteiger charge is -2.15. The van der Waals surface area contributed by atoms with Crippen molar-refractivity contribution < 1.29 is 9.21 Å². The summed E-state index contributed by atoms with van der Waals surface area (Å²) < 4.78 is 5.34. The Morgan fingerprint density at radius 1 is 1.59 bits per heavy atom. The van der Waals surface area contributed by atoms with Gasteiger partial charge in [-0.1, -0.05) is 0 Å². The predicted molar refractivity (Wildman–Crippen MR) is 65.4 cm³/mol. The first-order valence-electron chi connectivity index (χ1n) is 5.52. The minimum Gasteiger partial charge on any atom is -0.456 e. The van der Waals surface area contributed by atoms with Gasteiger partial charge >= 0.3 is 5.91 Å². The molecular formula is C11H20N4O2. The zero-order valence-corrected chi connectivity index (χ0v) is 10.5. The summed E-state index contributed by atoms with van der Waals surface area (Å²) in [5.74, 6) is 5.65. The normalized spacial score (nSPS) is 10.9. The molecule has 1 rings (SSSR count). The molecule has 1 aromatic rings. The van der Waals surface area contributed by atoms with Gasteiger partial charge in [-0.15, -0.1) is 0 Å². The van der Waals surface area contributed by atoms with Crippen molar-refractivity contribution in [1.29, 1.82) is 0 Å². The van der Waals surface area contributed by atoms with Gasteiger partial charge in [0.15, 0.2) is 5.76 Å². The number of hydrogen-bond acceptors (Lipinski definition) is 5. The quantitative estimate of drug-likeness (QED) is 0.366. The molecule has 0 aliphatic carbocycles. The molecule has 0 aliphatic heterocycles. The molecule has 0 spiro atoms. The number of nitrogens with one attached hydrogen (secondary N) is 2. The highest BCUT2D eigenvalue weighted by Gasteiger charge is 2.14. The largest absolute Gasteiger partial charge is 0.456 e. The minimum atomic E-state index is -0.405. The third-order valence-corrected chi connectivity index (χ3v) is 2.56. The fourth-order valence-corrected chi connectivity index (χ4v) is 1.53. The SMILES string of the molecule is CNCCN(C)Cc1cc(C(=O)NN)oc1C. The van der Waals surface area contributed by atoms with Crippen LogP contribution in [0.4, 0.5) is 0 Å². The molecule has 0 radical (unpaired) electrons. The first kappa shape index (κ1) is 13.7. The molecule has 1 aromatic heterocycles. The zero-order valence-electron chi connectivity index (χ0n) is 10.5. The smallest absolute Gasteiger partial charge is 0.300 e. The van der Waals surface area contributed by atoms with E-state index in [4.69, 9.17) is 10.3 Å². The second-order valence-electron chi connectivity index (χ2n) is 4.01. The molecule has 1 amide bonds. The minimum absolute atomic E-state index is 0.252. The van der Waals surface area contributed by atoms with Crippen LogP contribution in [0.2, 0.25) is 0 Å². The second kappa shape index (κ2) is 6.39. The molecule has 6 nitrogen and oxygen atoms in total. The Labute approximate surface area is 101 Å². The van der Waals surface area contributed by atoms with Gasteiger partial charge in [0.05, 0.1) is 0 Å². The van der Waals surface area contributed by atoms with Gasteiger partial charge in [-0.3, -0.25) is 10.2 Å². The summed E-state index contributed by atoms with van der Waals surface area (Å²) in [6.07, 6.45) is 0. The van der Waals surface area contributed by atoms with E-state index in [1.54, 1.807) is 6.07 Å². The van der Waals surface area contributed by atoms with Crippen molar-refractivity contribution in [3.8, 4) is 0 Å². The molecule has 4 N–H and O–H groups in total. The number of nitrogens with zero attached hydrogens (tertiary/aromatic N) is 1. The molecule has 0 atom stereocenters. The van der Waals surface area contributed by atoms with E-state index in [0.717, 1.165) is 31.0 Å². The molecule has 0 saturated heterocycles. The van der Waals surface area contributed by atoms with Gasteiger partial charge in [-0.05, 0) is 27.1 Å². The lowest BCUT2D eigenvalue weighted by atomic mass is 10.2. The van der Waals surface area contributed by atoms with E-state index in [0.29, 0.717) is 0 Å². The number of aryl methyl sites for hydroxylation is 1. The van der Waals surface area contributed by atoms with E-state index in [9.17, 15) is 4.79 Å².